The SMILES string of the molecule is CNC1c2cc(OC)c(OC)cc2CSCC1C. The highest BCUT2D eigenvalue weighted by Gasteiger charge is 2.25. The fourth-order valence-electron chi connectivity index (χ4n) is 2.55. The van der Waals surface area contributed by atoms with E-state index >= 15 is 0 Å². The summed E-state index contributed by atoms with van der Waals surface area (Å²) >= 11 is 1.98. The van der Waals surface area contributed by atoms with Crippen LogP contribution in [0, 0.1) is 5.92 Å². The van der Waals surface area contributed by atoms with E-state index in [1.54, 1.807) is 14.2 Å². The molecule has 100 valence electrons. The topological polar surface area (TPSA) is 30.5 Å². The molecule has 1 N–H and O–H groups in total. The minimum absolute atomic E-state index is 0.384. The molecule has 2 rings (SSSR count). The molecule has 0 amide bonds. The molecule has 1 aliphatic heterocycles. The lowest BCUT2D eigenvalue weighted by molar-refractivity contribution is 0.352. The van der Waals surface area contributed by atoms with Gasteiger partial charge in [-0.15, -0.1) is 0 Å². The largest absolute Gasteiger partial charge is 0.493 e. The molecular formula is C14H21NO2S. The first-order valence-electron chi connectivity index (χ1n) is 6.21. The fourth-order valence-corrected chi connectivity index (χ4v) is 3.70. The normalized spacial score (nSPS) is 23.1. The van der Waals surface area contributed by atoms with Crippen LogP contribution in [0.1, 0.15) is 24.1 Å². The van der Waals surface area contributed by atoms with Crippen molar-refractivity contribution in [2.24, 2.45) is 5.92 Å². The van der Waals surface area contributed by atoms with Gasteiger partial charge >= 0.3 is 0 Å². The molecule has 0 aliphatic carbocycles. The van der Waals surface area contributed by atoms with Crippen molar-refractivity contribution in [3.63, 3.8) is 0 Å². The van der Waals surface area contributed by atoms with Crippen LogP contribution in [0.4, 0.5) is 0 Å². The standard InChI is InChI=1S/C14H21NO2S/c1-9-7-18-8-10-5-12(16-3)13(17-4)6-11(10)14(9)15-2/h5-6,9,14-15H,7-8H2,1-4H3. The number of thioether (sulfide) groups is 1. The minimum Gasteiger partial charge on any atom is -0.493 e. The molecule has 0 saturated carbocycles. The van der Waals surface area contributed by atoms with Crippen molar-refractivity contribution in [1.29, 1.82) is 0 Å². The van der Waals surface area contributed by atoms with Crippen LogP contribution in [0.15, 0.2) is 12.1 Å². The number of ether oxygens (including phenoxy) is 2. The second kappa shape index (κ2) is 5.85. The number of nitrogens with one attached hydrogen (secondary N) is 1. The van der Waals surface area contributed by atoms with E-state index in [0.717, 1.165) is 17.3 Å². The molecule has 1 aromatic rings. The minimum atomic E-state index is 0.384. The molecule has 2 atom stereocenters. The van der Waals surface area contributed by atoms with Crippen molar-refractivity contribution in [3.05, 3.63) is 23.3 Å². The number of hydrogen-bond donors (Lipinski definition) is 1. The zero-order valence-electron chi connectivity index (χ0n) is 11.4. The maximum atomic E-state index is 5.41. The first kappa shape index (κ1) is 13.6. The lowest BCUT2D eigenvalue weighted by atomic mass is 9.92. The summed E-state index contributed by atoms with van der Waals surface area (Å²) in [5, 5.41) is 3.43. The first-order chi connectivity index (χ1) is 8.71. The van der Waals surface area contributed by atoms with Gasteiger partial charge in [-0.05, 0) is 42.0 Å². The lowest BCUT2D eigenvalue weighted by Gasteiger charge is -2.23. The molecule has 1 aliphatic rings. The molecule has 1 heterocycles. The second-order valence-corrected chi connectivity index (χ2v) is 5.70. The summed E-state index contributed by atoms with van der Waals surface area (Å²) in [6.45, 7) is 2.29. The Morgan fingerprint density at radius 1 is 1.22 bits per heavy atom. The molecule has 0 saturated heterocycles. The first-order valence-corrected chi connectivity index (χ1v) is 7.36. The molecule has 3 nitrogen and oxygen atoms in total. The molecule has 0 fully saturated rings. The van der Waals surface area contributed by atoms with Crippen molar-refractivity contribution in [1.82, 2.24) is 5.32 Å². The second-order valence-electron chi connectivity index (χ2n) is 4.66. The molecule has 0 spiro atoms. The van der Waals surface area contributed by atoms with Crippen LogP contribution in [0.2, 0.25) is 0 Å². The van der Waals surface area contributed by atoms with E-state index in [-0.39, 0.29) is 0 Å². The van der Waals surface area contributed by atoms with Crippen molar-refractivity contribution in [3.8, 4) is 11.5 Å². The number of methoxy groups -OCH3 is 2. The third kappa shape index (κ3) is 2.45. The monoisotopic (exact) mass is 267 g/mol. The number of hydrogen-bond acceptors (Lipinski definition) is 4. The van der Waals surface area contributed by atoms with Gasteiger partial charge in [-0.25, -0.2) is 0 Å². The average molecular weight is 267 g/mol. The summed E-state index contributed by atoms with van der Waals surface area (Å²) in [5.74, 6) is 4.46. The predicted octanol–water partition coefficient (Wildman–Crippen LogP) is 2.85. The van der Waals surface area contributed by atoms with Gasteiger partial charge in [-0.3, -0.25) is 0 Å². The highest BCUT2D eigenvalue weighted by atomic mass is 32.2. The molecule has 4 heteroatoms. The van der Waals surface area contributed by atoms with E-state index in [2.05, 4.69) is 24.4 Å². The Kier molecular flexibility index (Phi) is 4.40. The Bertz CT molecular complexity index is 423. The molecule has 1 aromatic carbocycles. The average Bonchev–Trinajstić information content (AvgIpc) is 2.54. The van der Waals surface area contributed by atoms with Gasteiger partial charge in [0.25, 0.3) is 0 Å². The Morgan fingerprint density at radius 3 is 2.50 bits per heavy atom. The van der Waals surface area contributed by atoms with Crippen LogP contribution in [0.5, 0.6) is 11.5 Å². The van der Waals surface area contributed by atoms with Crippen LogP contribution in [0.25, 0.3) is 0 Å². The fraction of sp³-hybridized carbons (Fsp3) is 0.571. The van der Waals surface area contributed by atoms with Gasteiger partial charge in [0.05, 0.1) is 14.2 Å². The smallest absolute Gasteiger partial charge is 0.161 e. The molecule has 0 bridgehead atoms. The van der Waals surface area contributed by atoms with Crippen molar-refractivity contribution < 1.29 is 9.47 Å². The van der Waals surface area contributed by atoms with E-state index in [4.69, 9.17) is 9.47 Å². The van der Waals surface area contributed by atoms with Gasteiger partial charge in [0.15, 0.2) is 11.5 Å². The number of benzene rings is 1. The summed E-state index contributed by atoms with van der Waals surface area (Å²) in [4.78, 5) is 0. The van der Waals surface area contributed by atoms with Gasteiger partial charge < -0.3 is 14.8 Å². The zero-order chi connectivity index (χ0) is 13.1. The highest BCUT2D eigenvalue weighted by Crippen LogP contribution is 2.40. The quantitative estimate of drug-likeness (QED) is 0.912. The highest BCUT2D eigenvalue weighted by molar-refractivity contribution is 7.98. The number of fused-ring (bicyclic) bond motifs is 1. The Labute approximate surface area is 113 Å². The maximum absolute atomic E-state index is 5.41. The Balaban J connectivity index is 2.50. The summed E-state index contributed by atoms with van der Waals surface area (Å²) in [7, 11) is 5.40. The molecule has 0 aromatic heterocycles. The van der Waals surface area contributed by atoms with Crippen molar-refractivity contribution >= 4 is 11.8 Å². The van der Waals surface area contributed by atoms with Crippen molar-refractivity contribution in [2.45, 2.75) is 18.7 Å². The van der Waals surface area contributed by atoms with Gasteiger partial charge in [-0.1, -0.05) is 6.92 Å². The summed E-state index contributed by atoms with van der Waals surface area (Å²) in [6, 6.07) is 4.62. The number of rotatable bonds is 3. The van der Waals surface area contributed by atoms with E-state index in [0.29, 0.717) is 12.0 Å². The van der Waals surface area contributed by atoms with Gasteiger partial charge in [0, 0.05) is 11.8 Å². The van der Waals surface area contributed by atoms with Gasteiger partial charge in [-0.2, -0.15) is 11.8 Å². The van der Waals surface area contributed by atoms with Crippen LogP contribution in [0.3, 0.4) is 0 Å². The Morgan fingerprint density at radius 2 is 1.89 bits per heavy atom. The van der Waals surface area contributed by atoms with Crippen LogP contribution in [-0.2, 0) is 5.75 Å². The third-order valence-corrected chi connectivity index (χ3v) is 4.78. The van der Waals surface area contributed by atoms with Crippen LogP contribution < -0.4 is 14.8 Å². The maximum Gasteiger partial charge on any atom is 0.161 e. The third-order valence-electron chi connectivity index (χ3n) is 3.50. The van der Waals surface area contributed by atoms with Crippen LogP contribution in [-0.4, -0.2) is 27.0 Å². The lowest BCUT2D eigenvalue weighted by Crippen LogP contribution is -2.24. The zero-order valence-corrected chi connectivity index (χ0v) is 12.3. The van der Waals surface area contributed by atoms with E-state index in [9.17, 15) is 0 Å². The van der Waals surface area contributed by atoms with Gasteiger partial charge in [0.1, 0.15) is 0 Å². The summed E-state index contributed by atoms with van der Waals surface area (Å²) in [6.07, 6.45) is 0. The van der Waals surface area contributed by atoms with E-state index < -0.39 is 0 Å². The Hall–Kier alpha value is -0.870. The molecule has 18 heavy (non-hydrogen) atoms. The van der Waals surface area contributed by atoms with Crippen LogP contribution >= 0.6 is 11.8 Å². The van der Waals surface area contributed by atoms with E-state index in [1.807, 2.05) is 18.8 Å². The van der Waals surface area contributed by atoms with Crippen molar-refractivity contribution in [2.75, 3.05) is 27.0 Å². The molecule has 0 radical (unpaired) electrons. The van der Waals surface area contributed by atoms with E-state index in [1.165, 1.54) is 16.9 Å². The van der Waals surface area contributed by atoms with Gasteiger partial charge in [0.2, 0.25) is 0 Å². The summed E-state index contributed by atoms with van der Waals surface area (Å²) in [5.41, 5.74) is 2.69. The summed E-state index contributed by atoms with van der Waals surface area (Å²) < 4.78 is 10.8. The molecular weight excluding hydrogens is 246 g/mol. The molecule has 2 unspecified atom stereocenters. The predicted molar refractivity (Wildman–Crippen MR) is 76.7 cm³/mol.